The van der Waals surface area contributed by atoms with Crippen LogP contribution in [0.1, 0.15) is 103 Å². The molecule has 3 N–H and O–H groups in total. The number of ether oxygens (including phenoxy) is 2. The lowest BCUT2D eigenvalue weighted by molar-refractivity contribution is -0.120. The zero-order valence-electron chi connectivity index (χ0n) is 29.0. The Morgan fingerprint density at radius 3 is 1.49 bits per heavy atom. The van der Waals surface area contributed by atoms with Crippen molar-refractivity contribution in [3.8, 4) is 0 Å². The van der Waals surface area contributed by atoms with Gasteiger partial charge in [0.1, 0.15) is 23.8 Å². The smallest absolute Gasteiger partial charge is 0.414 e. The number of benzene rings is 2. The molecular weight excluding hydrogens is 662 g/mol. The average molecular weight is 715 g/mol. The van der Waals surface area contributed by atoms with Crippen LogP contribution in [0.4, 0.5) is 29.7 Å². The van der Waals surface area contributed by atoms with Crippen molar-refractivity contribution in [2.24, 2.45) is 5.92 Å². The zero-order valence-corrected chi connectivity index (χ0v) is 29.0. The molecule has 4 fully saturated rings. The maximum absolute atomic E-state index is 14.6. The van der Waals surface area contributed by atoms with Crippen LogP contribution < -0.4 is 20.4 Å². The predicted octanol–water partition coefficient (Wildman–Crippen LogP) is 6.52. The van der Waals surface area contributed by atoms with Crippen LogP contribution in [0.2, 0.25) is 0 Å². The number of carbonyl (C=O) groups excluding carboxylic acids is 4. The van der Waals surface area contributed by atoms with E-state index in [1.807, 2.05) is 0 Å². The summed E-state index contributed by atoms with van der Waals surface area (Å²) in [7, 11) is 0. The first kappa shape index (κ1) is 39.5. The molecule has 6 rings (SSSR count). The summed E-state index contributed by atoms with van der Waals surface area (Å²) >= 11 is 0. The van der Waals surface area contributed by atoms with Crippen molar-refractivity contribution >= 4 is 35.4 Å². The minimum Gasteiger partial charge on any atom is -0.442 e. The number of carbonyl (C=O) groups is 4. The molecule has 51 heavy (non-hydrogen) atoms. The van der Waals surface area contributed by atoms with Crippen LogP contribution in [0.3, 0.4) is 0 Å². The molecule has 2 atom stereocenters. The van der Waals surface area contributed by atoms with Gasteiger partial charge in [0.05, 0.1) is 43.7 Å². The van der Waals surface area contributed by atoms with Gasteiger partial charge in [-0.3, -0.25) is 19.4 Å². The van der Waals surface area contributed by atoms with E-state index in [9.17, 15) is 33.1 Å². The number of halogens is 2. The van der Waals surface area contributed by atoms with Gasteiger partial charge in [0.2, 0.25) is 11.8 Å². The van der Waals surface area contributed by atoms with Crippen molar-refractivity contribution in [1.82, 2.24) is 10.6 Å². The second-order valence-electron chi connectivity index (χ2n) is 14.0. The minimum atomic E-state index is -0.539. The second kappa shape index (κ2) is 17.8. The SMILES string of the molecule is C.CC(=O)NC[C@H]1CN(c2ccc(C3CCC(C)CC3)c(F)c2)C(=O)O1.CC(=O)NC[C@H]1CN(c2ccc(C3CCC(O)CC3)c(F)c2)C(=O)O1. The number of aliphatic hydroxyl groups is 1. The summed E-state index contributed by atoms with van der Waals surface area (Å²) in [6.07, 6.45) is 5.02. The summed E-state index contributed by atoms with van der Waals surface area (Å²) in [6.45, 7) is 6.13. The highest BCUT2D eigenvalue weighted by Gasteiger charge is 2.34. The maximum Gasteiger partial charge on any atom is 0.414 e. The molecule has 2 aliphatic carbocycles. The topological polar surface area (TPSA) is 138 Å². The van der Waals surface area contributed by atoms with E-state index in [0.717, 1.165) is 50.0 Å². The van der Waals surface area contributed by atoms with Gasteiger partial charge in [0, 0.05) is 13.8 Å². The minimum absolute atomic E-state index is 0. The first-order valence-electron chi connectivity index (χ1n) is 17.6. The fraction of sp³-hybridized carbons (Fsp3) is 0.579. The third-order valence-corrected chi connectivity index (χ3v) is 10.1. The summed E-state index contributed by atoms with van der Waals surface area (Å²) in [5, 5.41) is 14.8. The molecule has 4 aliphatic rings. The number of hydrogen-bond acceptors (Lipinski definition) is 7. The summed E-state index contributed by atoms with van der Waals surface area (Å²) in [6, 6.07) is 9.84. The fourth-order valence-electron chi connectivity index (χ4n) is 7.18. The Morgan fingerprint density at radius 2 is 1.12 bits per heavy atom. The molecule has 2 heterocycles. The number of cyclic esters (lactones) is 2. The van der Waals surface area contributed by atoms with E-state index in [1.54, 1.807) is 24.3 Å². The van der Waals surface area contributed by atoms with Crippen LogP contribution in [0, 0.1) is 17.6 Å². The van der Waals surface area contributed by atoms with Crippen LogP contribution in [0.25, 0.3) is 0 Å². The molecule has 0 bridgehead atoms. The van der Waals surface area contributed by atoms with Gasteiger partial charge < -0.3 is 25.2 Å². The van der Waals surface area contributed by atoms with E-state index in [-0.39, 0.29) is 68.4 Å². The third kappa shape index (κ3) is 10.4. The summed E-state index contributed by atoms with van der Waals surface area (Å²) < 4.78 is 39.6. The predicted molar refractivity (Wildman–Crippen MR) is 190 cm³/mol. The van der Waals surface area contributed by atoms with Crippen molar-refractivity contribution in [1.29, 1.82) is 0 Å². The van der Waals surface area contributed by atoms with E-state index in [0.29, 0.717) is 36.3 Å². The monoisotopic (exact) mass is 714 g/mol. The number of amides is 4. The van der Waals surface area contributed by atoms with E-state index in [4.69, 9.17) is 9.47 Å². The summed E-state index contributed by atoms with van der Waals surface area (Å²) in [5.41, 5.74) is 2.34. The van der Waals surface area contributed by atoms with Crippen molar-refractivity contribution < 1.29 is 42.5 Å². The first-order chi connectivity index (χ1) is 23.9. The van der Waals surface area contributed by atoms with E-state index in [2.05, 4.69) is 17.6 Å². The molecule has 2 saturated carbocycles. The number of hydrogen-bond donors (Lipinski definition) is 3. The quantitative estimate of drug-likeness (QED) is 0.283. The molecule has 0 radical (unpaired) electrons. The van der Waals surface area contributed by atoms with Gasteiger partial charge in [-0.15, -0.1) is 0 Å². The molecule has 0 spiro atoms. The largest absolute Gasteiger partial charge is 0.442 e. The van der Waals surface area contributed by atoms with Gasteiger partial charge in [-0.25, -0.2) is 18.4 Å². The van der Waals surface area contributed by atoms with Crippen molar-refractivity contribution in [3.05, 3.63) is 59.2 Å². The Balaban J connectivity index is 0.000000224. The Hall–Kier alpha value is -4.26. The maximum atomic E-state index is 14.6. The third-order valence-electron chi connectivity index (χ3n) is 10.1. The highest BCUT2D eigenvalue weighted by molar-refractivity contribution is 5.90. The molecule has 11 nitrogen and oxygen atoms in total. The van der Waals surface area contributed by atoms with Gasteiger partial charge in [0.25, 0.3) is 0 Å². The van der Waals surface area contributed by atoms with E-state index in [1.165, 1.54) is 35.8 Å². The molecule has 2 aromatic rings. The van der Waals surface area contributed by atoms with Crippen LogP contribution in [0.15, 0.2) is 36.4 Å². The molecule has 13 heteroatoms. The highest BCUT2D eigenvalue weighted by atomic mass is 19.1. The van der Waals surface area contributed by atoms with Gasteiger partial charge in [-0.1, -0.05) is 39.3 Å². The van der Waals surface area contributed by atoms with Gasteiger partial charge in [-0.2, -0.15) is 0 Å². The van der Waals surface area contributed by atoms with E-state index < -0.39 is 24.4 Å². The molecule has 4 amide bonds. The Labute approximate surface area is 299 Å². The number of anilines is 2. The van der Waals surface area contributed by atoms with Crippen LogP contribution in [-0.2, 0) is 19.1 Å². The normalized spacial score (nSPS) is 25.9. The first-order valence-corrected chi connectivity index (χ1v) is 17.6. The molecule has 0 unspecified atom stereocenters. The molecular formula is C38H52F2N4O7. The standard InChI is InChI=1S/C19H25FN2O3.C18H23FN2O4.CH4/c1-12-3-5-14(6-4-12)17-8-7-15(9-18(17)20)22-11-16(25-19(22)24)10-21-13(2)23;1-11(22)20-9-15-10-21(18(24)25-15)13-4-7-16(17(19)8-13)12-2-5-14(23)6-3-12;/h7-9,12,14,16H,3-6,10-11H2,1-2H3,(H,21,23);4,7-8,12,14-15,23H,2-3,5-6,9-10H2,1H3,(H,20,22);1H4/t12?,14?,16-;12?,14?,15-;/m00./s1. The lowest BCUT2D eigenvalue weighted by Crippen LogP contribution is -2.33. The fourth-order valence-corrected chi connectivity index (χ4v) is 7.18. The lowest BCUT2D eigenvalue weighted by Gasteiger charge is -2.27. The molecule has 2 aromatic carbocycles. The Bertz CT molecular complexity index is 1430. The van der Waals surface area contributed by atoms with Gasteiger partial charge >= 0.3 is 12.2 Å². The number of rotatable bonds is 8. The Morgan fingerprint density at radius 1 is 0.725 bits per heavy atom. The lowest BCUT2D eigenvalue weighted by atomic mass is 9.79. The summed E-state index contributed by atoms with van der Waals surface area (Å²) in [4.78, 5) is 48.8. The molecule has 280 valence electrons. The van der Waals surface area contributed by atoms with E-state index >= 15 is 0 Å². The zero-order chi connectivity index (χ0) is 35.9. The van der Waals surface area contributed by atoms with Crippen molar-refractivity contribution in [2.75, 3.05) is 36.0 Å². The summed E-state index contributed by atoms with van der Waals surface area (Å²) in [5.74, 6) is 0.138. The number of aliphatic hydroxyl groups excluding tert-OH is 1. The van der Waals surface area contributed by atoms with Crippen molar-refractivity contribution in [2.45, 2.75) is 110 Å². The van der Waals surface area contributed by atoms with Crippen LogP contribution in [0.5, 0.6) is 0 Å². The van der Waals surface area contributed by atoms with Gasteiger partial charge in [-0.05, 0) is 91.7 Å². The Kier molecular flexibility index (Phi) is 13.8. The molecule has 0 aromatic heterocycles. The van der Waals surface area contributed by atoms with Crippen molar-refractivity contribution in [3.63, 3.8) is 0 Å². The molecule has 2 aliphatic heterocycles. The highest BCUT2D eigenvalue weighted by Crippen LogP contribution is 2.38. The number of nitrogens with zero attached hydrogens (tertiary/aromatic N) is 2. The second-order valence-corrected chi connectivity index (χ2v) is 14.0. The average Bonchev–Trinajstić information content (AvgIpc) is 3.65. The molecule has 2 saturated heterocycles. The number of nitrogens with one attached hydrogen (secondary N) is 2. The van der Waals surface area contributed by atoms with Crippen LogP contribution in [-0.4, -0.2) is 73.6 Å². The van der Waals surface area contributed by atoms with Gasteiger partial charge in [0.15, 0.2) is 0 Å². The van der Waals surface area contributed by atoms with Crippen LogP contribution >= 0.6 is 0 Å².